The van der Waals surface area contributed by atoms with Crippen LogP contribution >= 0.6 is 11.3 Å². The van der Waals surface area contributed by atoms with Crippen LogP contribution in [0.25, 0.3) is 0 Å². The summed E-state index contributed by atoms with van der Waals surface area (Å²) in [5.41, 5.74) is 0.150. The van der Waals surface area contributed by atoms with Gasteiger partial charge in [-0.05, 0) is 23.6 Å². The highest BCUT2D eigenvalue weighted by Crippen LogP contribution is 2.22. The van der Waals surface area contributed by atoms with Crippen molar-refractivity contribution in [1.82, 2.24) is 14.5 Å². The van der Waals surface area contributed by atoms with Gasteiger partial charge < -0.3 is 0 Å². The lowest BCUT2D eigenvalue weighted by atomic mass is 10.2. The first kappa shape index (κ1) is 16.8. The summed E-state index contributed by atoms with van der Waals surface area (Å²) in [5.74, 6) is -0.916. The van der Waals surface area contributed by atoms with Crippen LogP contribution in [0.5, 0.6) is 0 Å². The molecular weight excluding hydrogens is 349 g/mol. The van der Waals surface area contributed by atoms with Crippen molar-refractivity contribution in [3.8, 4) is 0 Å². The second kappa shape index (κ2) is 7.25. The van der Waals surface area contributed by atoms with Crippen molar-refractivity contribution in [3.05, 3.63) is 76.5 Å². The molecule has 126 valence electrons. The fourth-order valence-electron chi connectivity index (χ4n) is 2.35. The smallest absolute Gasteiger partial charge is 0.215 e. The Morgan fingerprint density at radius 2 is 2.04 bits per heavy atom. The summed E-state index contributed by atoms with van der Waals surface area (Å²) in [6, 6.07) is 11.3. The second-order valence-electron chi connectivity index (χ2n) is 5.22. The van der Waals surface area contributed by atoms with Crippen LogP contribution in [-0.4, -0.2) is 24.7 Å². The highest BCUT2D eigenvalue weighted by atomic mass is 32.2. The van der Waals surface area contributed by atoms with Crippen LogP contribution in [0.4, 0.5) is 4.39 Å². The van der Waals surface area contributed by atoms with Crippen LogP contribution < -0.4 is 4.72 Å². The third-order valence-corrected chi connectivity index (χ3v) is 5.79. The minimum Gasteiger partial charge on any atom is -0.263 e. The number of sulfonamides is 1. The van der Waals surface area contributed by atoms with E-state index in [0.29, 0.717) is 0 Å². The lowest BCUT2D eigenvalue weighted by Crippen LogP contribution is -2.32. The molecule has 8 heteroatoms. The number of nitrogens with one attached hydrogen (secondary N) is 1. The summed E-state index contributed by atoms with van der Waals surface area (Å²) >= 11 is 1.53. The first-order chi connectivity index (χ1) is 11.6. The first-order valence-electron chi connectivity index (χ1n) is 7.28. The minimum absolute atomic E-state index is 0.150. The SMILES string of the molecule is O=S(=O)(Cc1ccccc1F)NCC(c1cccs1)n1cccn1. The van der Waals surface area contributed by atoms with Gasteiger partial charge in [-0.3, -0.25) is 4.68 Å². The Bertz CT molecular complexity index is 844. The van der Waals surface area contributed by atoms with E-state index in [-0.39, 0.29) is 18.2 Å². The molecule has 1 N–H and O–H groups in total. The van der Waals surface area contributed by atoms with Gasteiger partial charge in [-0.2, -0.15) is 5.10 Å². The average Bonchev–Trinajstić information content (AvgIpc) is 3.23. The molecule has 0 aliphatic heterocycles. The molecule has 0 aliphatic rings. The molecule has 3 aromatic rings. The molecule has 0 aliphatic carbocycles. The van der Waals surface area contributed by atoms with Crippen LogP contribution in [-0.2, 0) is 15.8 Å². The first-order valence-corrected chi connectivity index (χ1v) is 9.81. The number of nitrogens with zero attached hydrogens (tertiary/aromatic N) is 2. The van der Waals surface area contributed by atoms with Crippen LogP contribution in [0.1, 0.15) is 16.5 Å². The van der Waals surface area contributed by atoms with E-state index in [1.165, 1.54) is 29.5 Å². The number of halogens is 1. The van der Waals surface area contributed by atoms with E-state index in [0.717, 1.165) is 4.88 Å². The molecule has 0 saturated carbocycles. The van der Waals surface area contributed by atoms with Gasteiger partial charge in [-0.15, -0.1) is 11.3 Å². The van der Waals surface area contributed by atoms with Crippen molar-refractivity contribution in [1.29, 1.82) is 0 Å². The van der Waals surface area contributed by atoms with Crippen molar-refractivity contribution in [2.45, 2.75) is 11.8 Å². The van der Waals surface area contributed by atoms with E-state index in [1.807, 2.05) is 17.5 Å². The molecule has 3 rings (SSSR count). The van der Waals surface area contributed by atoms with E-state index in [1.54, 1.807) is 29.2 Å². The quantitative estimate of drug-likeness (QED) is 0.700. The van der Waals surface area contributed by atoms with Gasteiger partial charge >= 0.3 is 0 Å². The minimum atomic E-state index is -3.66. The van der Waals surface area contributed by atoms with Gasteiger partial charge in [-0.1, -0.05) is 24.3 Å². The lowest BCUT2D eigenvalue weighted by molar-refractivity contribution is 0.510. The maximum atomic E-state index is 13.7. The Labute approximate surface area is 143 Å². The van der Waals surface area contributed by atoms with Crippen LogP contribution in [0.15, 0.2) is 60.2 Å². The van der Waals surface area contributed by atoms with Crippen molar-refractivity contribution in [2.75, 3.05) is 6.54 Å². The van der Waals surface area contributed by atoms with Gasteiger partial charge in [0.2, 0.25) is 10.0 Å². The molecule has 0 saturated heterocycles. The third-order valence-electron chi connectivity index (χ3n) is 3.52. The predicted octanol–water partition coefficient (Wildman–Crippen LogP) is 2.79. The molecule has 0 radical (unpaired) electrons. The zero-order valence-corrected chi connectivity index (χ0v) is 14.3. The molecule has 1 aromatic carbocycles. The standard InChI is InChI=1S/C16H16FN3O2S2/c17-14-6-2-1-5-13(14)12-24(21,22)19-11-15(16-7-3-10-23-16)20-9-4-8-18-20/h1-10,15,19H,11-12H2. The number of hydrogen-bond donors (Lipinski definition) is 1. The highest BCUT2D eigenvalue weighted by molar-refractivity contribution is 7.88. The Morgan fingerprint density at radius 3 is 2.71 bits per heavy atom. The molecule has 2 heterocycles. The monoisotopic (exact) mass is 365 g/mol. The van der Waals surface area contributed by atoms with Gasteiger partial charge in [0.1, 0.15) is 5.82 Å². The molecule has 1 atom stereocenters. The maximum Gasteiger partial charge on any atom is 0.215 e. The Morgan fingerprint density at radius 1 is 1.21 bits per heavy atom. The fraction of sp³-hybridized carbons (Fsp3) is 0.188. The fourth-order valence-corrected chi connectivity index (χ4v) is 4.32. The maximum absolute atomic E-state index is 13.7. The van der Waals surface area contributed by atoms with Gasteiger partial charge in [0, 0.05) is 29.4 Å². The number of hydrogen-bond acceptors (Lipinski definition) is 4. The predicted molar refractivity (Wildman–Crippen MR) is 91.7 cm³/mol. The van der Waals surface area contributed by atoms with E-state index in [2.05, 4.69) is 9.82 Å². The summed E-state index contributed by atoms with van der Waals surface area (Å²) in [6.45, 7) is 0.152. The average molecular weight is 365 g/mol. The number of thiophene rings is 1. The van der Waals surface area contributed by atoms with E-state index >= 15 is 0 Å². The molecule has 1 unspecified atom stereocenters. The summed E-state index contributed by atoms with van der Waals surface area (Å²) in [4.78, 5) is 0.993. The highest BCUT2D eigenvalue weighted by Gasteiger charge is 2.20. The van der Waals surface area contributed by atoms with Crippen molar-refractivity contribution < 1.29 is 12.8 Å². The summed E-state index contributed by atoms with van der Waals surface area (Å²) in [5, 5.41) is 6.13. The summed E-state index contributed by atoms with van der Waals surface area (Å²) in [7, 11) is -3.66. The Kier molecular flexibility index (Phi) is 5.08. The molecule has 0 bridgehead atoms. The largest absolute Gasteiger partial charge is 0.263 e. The molecule has 0 amide bonds. The van der Waals surface area contributed by atoms with Crippen molar-refractivity contribution in [3.63, 3.8) is 0 Å². The molecule has 0 spiro atoms. The zero-order chi connectivity index (χ0) is 17.0. The van der Waals surface area contributed by atoms with Crippen LogP contribution in [0.3, 0.4) is 0 Å². The van der Waals surface area contributed by atoms with Gasteiger partial charge in [-0.25, -0.2) is 17.5 Å². The summed E-state index contributed by atoms with van der Waals surface area (Å²) in [6.07, 6.45) is 3.43. The number of benzene rings is 1. The Balaban J connectivity index is 1.73. The van der Waals surface area contributed by atoms with Gasteiger partial charge in [0.25, 0.3) is 0 Å². The topological polar surface area (TPSA) is 64.0 Å². The van der Waals surface area contributed by atoms with E-state index in [9.17, 15) is 12.8 Å². The van der Waals surface area contributed by atoms with E-state index in [4.69, 9.17) is 0 Å². The zero-order valence-electron chi connectivity index (χ0n) is 12.7. The van der Waals surface area contributed by atoms with Crippen molar-refractivity contribution >= 4 is 21.4 Å². The third kappa shape index (κ3) is 4.08. The molecule has 24 heavy (non-hydrogen) atoms. The van der Waals surface area contributed by atoms with Crippen LogP contribution in [0, 0.1) is 5.82 Å². The number of aromatic nitrogens is 2. The van der Waals surface area contributed by atoms with Crippen molar-refractivity contribution in [2.24, 2.45) is 0 Å². The molecule has 0 fully saturated rings. The normalized spacial score (nSPS) is 13.0. The molecular formula is C16H16FN3O2S2. The lowest BCUT2D eigenvalue weighted by Gasteiger charge is -2.17. The number of rotatable bonds is 7. The second-order valence-corrected chi connectivity index (χ2v) is 8.00. The summed E-state index contributed by atoms with van der Waals surface area (Å²) < 4.78 is 42.5. The molecule has 2 aromatic heterocycles. The Hall–Kier alpha value is -2.03. The molecule has 5 nitrogen and oxygen atoms in total. The van der Waals surface area contributed by atoms with Gasteiger partial charge in [0.15, 0.2) is 0 Å². The van der Waals surface area contributed by atoms with Crippen LogP contribution in [0.2, 0.25) is 0 Å². The van der Waals surface area contributed by atoms with E-state index < -0.39 is 21.6 Å². The van der Waals surface area contributed by atoms with Gasteiger partial charge in [0.05, 0.1) is 11.8 Å².